The number of hydrogen-bond acceptors (Lipinski definition) is 4. The zero-order valence-electron chi connectivity index (χ0n) is 9.29. The molecule has 1 aliphatic heterocycles. The Morgan fingerprint density at radius 2 is 2.28 bits per heavy atom. The Kier molecular flexibility index (Phi) is 3.35. The normalized spacial score (nSPS) is 28.7. The highest BCUT2D eigenvalue weighted by atomic mass is 79.9. The van der Waals surface area contributed by atoms with Gasteiger partial charge in [-0.25, -0.2) is 4.99 Å². The molecule has 0 unspecified atom stereocenters. The van der Waals surface area contributed by atoms with Crippen molar-refractivity contribution in [2.75, 3.05) is 0 Å². The molecular formula is C10H10BrF3N2OS. The van der Waals surface area contributed by atoms with E-state index in [4.69, 9.17) is 5.73 Å². The number of amidine groups is 1. The molecule has 1 aromatic heterocycles. The molecule has 0 fully saturated rings. The number of rotatable bonds is 1. The van der Waals surface area contributed by atoms with Gasteiger partial charge in [0.1, 0.15) is 5.54 Å². The van der Waals surface area contributed by atoms with Crippen LogP contribution in [0.2, 0.25) is 0 Å². The number of ether oxygens (including phenoxy) is 1. The van der Waals surface area contributed by atoms with Gasteiger partial charge in [0.05, 0.1) is 0 Å². The maximum Gasteiger partial charge on any atom is 0.425 e. The zero-order valence-corrected chi connectivity index (χ0v) is 11.7. The van der Waals surface area contributed by atoms with Crippen LogP contribution in [-0.2, 0) is 10.3 Å². The van der Waals surface area contributed by atoms with Crippen molar-refractivity contribution < 1.29 is 17.9 Å². The van der Waals surface area contributed by atoms with Crippen molar-refractivity contribution in [1.29, 1.82) is 0 Å². The van der Waals surface area contributed by atoms with E-state index in [0.717, 1.165) is 9.35 Å². The summed E-state index contributed by atoms with van der Waals surface area (Å²) in [5, 5.41) is 1.80. The molecule has 2 heterocycles. The molecule has 2 N–H and O–H groups in total. The van der Waals surface area contributed by atoms with Crippen LogP contribution in [0.5, 0.6) is 0 Å². The molecule has 3 nitrogen and oxygen atoms in total. The van der Waals surface area contributed by atoms with Crippen LogP contribution in [0, 0.1) is 0 Å². The lowest BCUT2D eigenvalue weighted by Crippen LogP contribution is -2.45. The molecule has 0 saturated heterocycles. The summed E-state index contributed by atoms with van der Waals surface area (Å²) in [5.74, 6) is 0. The predicted molar refractivity (Wildman–Crippen MR) is 66.5 cm³/mol. The van der Waals surface area contributed by atoms with E-state index in [2.05, 4.69) is 25.7 Å². The van der Waals surface area contributed by atoms with Crippen LogP contribution in [0.4, 0.5) is 13.2 Å². The number of aliphatic imine (C=N–C) groups is 1. The van der Waals surface area contributed by atoms with Gasteiger partial charge in [-0.05, 0) is 28.9 Å². The average molecular weight is 343 g/mol. The number of halogens is 4. The number of nitrogens with two attached hydrogens (primary N) is 1. The largest absolute Gasteiger partial charge is 0.452 e. The van der Waals surface area contributed by atoms with E-state index in [-0.39, 0.29) is 6.42 Å². The Bertz CT molecular complexity index is 488. The van der Waals surface area contributed by atoms with Crippen LogP contribution in [0.25, 0.3) is 0 Å². The maximum atomic E-state index is 12.7. The Hall–Kier alpha value is -0.760. The topological polar surface area (TPSA) is 47.6 Å². The lowest BCUT2D eigenvalue weighted by Gasteiger charge is -2.34. The third kappa shape index (κ3) is 2.64. The summed E-state index contributed by atoms with van der Waals surface area (Å²) in [6.45, 7) is 1.62. The van der Waals surface area contributed by atoms with Gasteiger partial charge in [0.15, 0.2) is 6.10 Å². The summed E-state index contributed by atoms with van der Waals surface area (Å²) in [4.78, 5) is 4.74. The minimum Gasteiger partial charge on any atom is -0.452 e. The van der Waals surface area contributed by atoms with Crippen molar-refractivity contribution in [3.63, 3.8) is 0 Å². The van der Waals surface area contributed by atoms with Gasteiger partial charge in [0.25, 0.3) is 6.02 Å². The smallest absolute Gasteiger partial charge is 0.425 e. The molecule has 0 spiro atoms. The van der Waals surface area contributed by atoms with E-state index in [9.17, 15) is 13.2 Å². The van der Waals surface area contributed by atoms with Crippen molar-refractivity contribution in [3.8, 4) is 0 Å². The standard InChI is InChI=1S/C10H10BrF3N2OS/c1-9(7-2-5(11)4-18-7)3-6(10(12,13)14)17-8(15)16-9/h2,4,6H,3H2,1H3,(H2,15,16)/t6-,9+/m1/s1. The van der Waals surface area contributed by atoms with Crippen LogP contribution in [0.1, 0.15) is 18.2 Å². The molecule has 2 rings (SSSR count). The molecule has 8 heteroatoms. The Morgan fingerprint density at radius 3 is 2.78 bits per heavy atom. The summed E-state index contributed by atoms with van der Waals surface area (Å²) in [6, 6.07) is 1.33. The zero-order chi connectivity index (χ0) is 13.6. The van der Waals surface area contributed by atoms with Gasteiger partial charge in [-0.1, -0.05) is 0 Å². The van der Waals surface area contributed by atoms with Crippen molar-refractivity contribution in [1.82, 2.24) is 0 Å². The van der Waals surface area contributed by atoms with Gasteiger partial charge in [0.2, 0.25) is 0 Å². The second kappa shape index (κ2) is 4.41. The van der Waals surface area contributed by atoms with Crippen molar-refractivity contribution in [2.45, 2.75) is 31.2 Å². The molecule has 0 radical (unpaired) electrons. The first-order valence-electron chi connectivity index (χ1n) is 5.04. The fraction of sp³-hybridized carbons (Fsp3) is 0.500. The first kappa shape index (κ1) is 13.7. The minimum absolute atomic E-state index is 0.274. The van der Waals surface area contributed by atoms with Gasteiger partial charge in [-0.2, -0.15) is 13.2 Å². The molecule has 0 aromatic carbocycles. The van der Waals surface area contributed by atoms with Crippen molar-refractivity contribution in [2.24, 2.45) is 10.7 Å². The average Bonchev–Trinajstić information content (AvgIpc) is 2.63. The third-order valence-corrected chi connectivity index (χ3v) is 4.61. The lowest BCUT2D eigenvalue weighted by molar-refractivity contribution is -0.208. The van der Waals surface area contributed by atoms with Gasteiger partial charge >= 0.3 is 6.18 Å². The highest BCUT2D eigenvalue weighted by Gasteiger charge is 2.49. The van der Waals surface area contributed by atoms with Gasteiger partial charge in [-0.3, -0.25) is 0 Å². The highest BCUT2D eigenvalue weighted by molar-refractivity contribution is 9.10. The van der Waals surface area contributed by atoms with E-state index in [0.29, 0.717) is 0 Å². The lowest BCUT2D eigenvalue weighted by atomic mass is 9.92. The van der Waals surface area contributed by atoms with Crippen LogP contribution in [0.3, 0.4) is 0 Å². The van der Waals surface area contributed by atoms with E-state index >= 15 is 0 Å². The van der Waals surface area contributed by atoms with E-state index in [1.807, 2.05) is 0 Å². The SMILES string of the molecule is C[C@@]1(c2cc(Br)cs2)C[C@H](C(F)(F)F)OC(N)=N1. The Labute approximate surface area is 114 Å². The third-order valence-electron chi connectivity index (χ3n) is 2.67. The van der Waals surface area contributed by atoms with Crippen LogP contribution >= 0.6 is 27.3 Å². The number of hydrogen-bond donors (Lipinski definition) is 1. The first-order valence-corrected chi connectivity index (χ1v) is 6.71. The molecule has 0 amide bonds. The molecule has 2 atom stereocenters. The molecule has 100 valence electrons. The van der Waals surface area contributed by atoms with E-state index in [1.165, 1.54) is 11.3 Å². The molecule has 18 heavy (non-hydrogen) atoms. The number of alkyl halides is 3. The second-order valence-corrected chi connectivity index (χ2v) is 6.03. The molecular weight excluding hydrogens is 333 g/mol. The quantitative estimate of drug-likeness (QED) is 0.850. The van der Waals surface area contributed by atoms with E-state index < -0.39 is 23.8 Å². The van der Waals surface area contributed by atoms with Crippen LogP contribution in [-0.4, -0.2) is 18.3 Å². The first-order chi connectivity index (χ1) is 8.21. The van der Waals surface area contributed by atoms with Crippen LogP contribution < -0.4 is 5.73 Å². The predicted octanol–water partition coefficient (Wildman–Crippen LogP) is 3.39. The number of thiophene rings is 1. The van der Waals surface area contributed by atoms with E-state index in [1.54, 1.807) is 18.4 Å². The van der Waals surface area contributed by atoms with Crippen molar-refractivity contribution in [3.05, 3.63) is 20.8 Å². The van der Waals surface area contributed by atoms with Gasteiger partial charge < -0.3 is 10.5 Å². The van der Waals surface area contributed by atoms with Crippen LogP contribution in [0.15, 0.2) is 20.9 Å². The maximum absolute atomic E-state index is 12.7. The summed E-state index contributed by atoms with van der Waals surface area (Å²) in [7, 11) is 0. The number of nitrogens with zero attached hydrogens (tertiary/aromatic N) is 1. The van der Waals surface area contributed by atoms with Gasteiger partial charge in [-0.15, -0.1) is 11.3 Å². The minimum atomic E-state index is -4.45. The summed E-state index contributed by atoms with van der Waals surface area (Å²) in [5.41, 5.74) is 4.36. The Morgan fingerprint density at radius 1 is 1.61 bits per heavy atom. The van der Waals surface area contributed by atoms with Crippen molar-refractivity contribution >= 4 is 33.3 Å². The fourth-order valence-electron chi connectivity index (χ4n) is 1.80. The van der Waals surface area contributed by atoms with Gasteiger partial charge in [0, 0.05) is 21.2 Å². The monoisotopic (exact) mass is 342 g/mol. The summed E-state index contributed by atoms with van der Waals surface area (Å²) >= 11 is 4.61. The Balaban J connectivity index is 2.36. The summed E-state index contributed by atoms with van der Waals surface area (Å²) in [6.07, 6.45) is -6.64. The molecule has 1 aromatic rings. The molecule has 0 aliphatic carbocycles. The molecule has 1 aliphatic rings. The highest BCUT2D eigenvalue weighted by Crippen LogP contribution is 2.42. The second-order valence-electron chi connectivity index (χ2n) is 4.21. The molecule has 0 bridgehead atoms. The fourth-order valence-corrected chi connectivity index (χ4v) is 3.34. The molecule has 0 saturated carbocycles. The summed E-state index contributed by atoms with van der Waals surface area (Å²) < 4.78 is 43.6.